The Morgan fingerprint density at radius 1 is 1.40 bits per heavy atom. The largest absolute Gasteiger partial charge is 0.459 e. The first-order valence-electron chi connectivity index (χ1n) is 9.20. The van der Waals surface area contributed by atoms with Crippen LogP contribution in [0.15, 0.2) is 59.3 Å². The van der Waals surface area contributed by atoms with E-state index in [1.165, 1.54) is 0 Å². The zero-order valence-corrected chi connectivity index (χ0v) is 16.9. The number of aliphatic hydroxyl groups is 1. The molecule has 8 nitrogen and oxygen atoms in total. The number of H-pyrrole nitrogens is 1. The number of ether oxygens (including phenoxy) is 2. The van der Waals surface area contributed by atoms with Crippen molar-refractivity contribution in [3.05, 3.63) is 69.7 Å². The second-order valence-electron chi connectivity index (χ2n) is 6.56. The highest BCUT2D eigenvalue weighted by Crippen LogP contribution is 2.31. The summed E-state index contributed by atoms with van der Waals surface area (Å²) in [5.41, 5.74) is 1.21. The maximum Gasteiger partial charge on any atom is 0.347 e. The standard InChI is InChI=1S/C21H19N3O5S/c1-24(12-14-4-3-9-30-14)20-17(21(27)28-8-7-25)18(26)16(29-20)10-13-11-23-19-15(13)5-2-6-22-19/h2-6,9-11,25H,7-8,12H2,1H3,(H,22,23). The number of aliphatic hydroxyl groups excluding tert-OH is 1. The lowest BCUT2D eigenvalue weighted by atomic mass is 10.1. The molecule has 0 atom stereocenters. The molecule has 0 aliphatic carbocycles. The third-order valence-corrected chi connectivity index (χ3v) is 5.35. The number of ketones is 1. The molecule has 9 heteroatoms. The van der Waals surface area contributed by atoms with Crippen molar-refractivity contribution in [1.82, 2.24) is 14.9 Å². The fourth-order valence-corrected chi connectivity index (χ4v) is 3.88. The average Bonchev–Trinajstić information content (AvgIpc) is 3.47. The molecule has 0 spiro atoms. The van der Waals surface area contributed by atoms with Crippen LogP contribution in [0.3, 0.4) is 0 Å². The number of allylic oxidation sites excluding steroid dienone is 1. The molecule has 0 aromatic carbocycles. The van der Waals surface area contributed by atoms with Crippen LogP contribution < -0.4 is 0 Å². The van der Waals surface area contributed by atoms with Crippen LogP contribution in [0, 0.1) is 0 Å². The molecule has 154 valence electrons. The van der Waals surface area contributed by atoms with Gasteiger partial charge in [0.25, 0.3) is 0 Å². The summed E-state index contributed by atoms with van der Waals surface area (Å²) in [7, 11) is 1.74. The molecule has 0 fully saturated rings. The number of pyridine rings is 1. The van der Waals surface area contributed by atoms with Crippen LogP contribution >= 0.6 is 11.3 Å². The summed E-state index contributed by atoms with van der Waals surface area (Å²) in [6.07, 6.45) is 4.97. The maximum atomic E-state index is 13.0. The SMILES string of the molecule is CN(Cc1cccs1)C1=C(C(=O)OCCO)C(=O)C(=Cc2c[nH]c3ncccc23)O1. The van der Waals surface area contributed by atoms with Crippen LogP contribution in [-0.2, 0) is 25.6 Å². The number of thiophene rings is 1. The molecule has 0 saturated carbocycles. The average molecular weight is 425 g/mol. The van der Waals surface area contributed by atoms with E-state index in [0.717, 1.165) is 10.3 Å². The molecule has 30 heavy (non-hydrogen) atoms. The molecule has 0 saturated heterocycles. The van der Waals surface area contributed by atoms with E-state index in [4.69, 9.17) is 14.6 Å². The zero-order valence-electron chi connectivity index (χ0n) is 16.1. The third-order valence-electron chi connectivity index (χ3n) is 4.49. The van der Waals surface area contributed by atoms with Crippen LogP contribution in [0.25, 0.3) is 17.1 Å². The predicted octanol–water partition coefficient (Wildman–Crippen LogP) is 2.44. The summed E-state index contributed by atoms with van der Waals surface area (Å²) in [4.78, 5) is 35.6. The summed E-state index contributed by atoms with van der Waals surface area (Å²) in [5, 5.41) is 11.7. The number of aromatic amines is 1. The molecule has 2 N–H and O–H groups in total. The van der Waals surface area contributed by atoms with Crippen LogP contribution in [-0.4, -0.2) is 52.0 Å². The Kier molecular flexibility index (Phi) is 5.64. The van der Waals surface area contributed by atoms with Gasteiger partial charge in [0, 0.05) is 35.3 Å². The topological polar surface area (TPSA) is 105 Å². The van der Waals surface area contributed by atoms with Crippen molar-refractivity contribution in [2.45, 2.75) is 6.54 Å². The number of carbonyl (C=O) groups excluding carboxylic acids is 2. The number of hydrogen-bond donors (Lipinski definition) is 2. The van der Waals surface area contributed by atoms with E-state index in [0.29, 0.717) is 17.8 Å². The Balaban J connectivity index is 1.67. The van der Waals surface area contributed by atoms with Crippen LogP contribution in [0.5, 0.6) is 0 Å². The van der Waals surface area contributed by atoms with Crippen molar-refractivity contribution in [3.8, 4) is 0 Å². The van der Waals surface area contributed by atoms with Crippen molar-refractivity contribution in [2.24, 2.45) is 0 Å². The Morgan fingerprint density at radius 2 is 2.27 bits per heavy atom. The number of nitrogens with one attached hydrogen (secondary N) is 1. The molecule has 0 radical (unpaired) electrons. The fourth-order valence-electron chi connectivity index (χ4n) is 3.12. The van der Waals surface area contributed by atoms with Crippen molar-refractivity contribution < 1.29 is 24.2 Å². The third kappa shape index (κ3) is 3.85. The summed E-state index contributed by atoms with van der Waals surface area (Å²) < 4.78 is 10.8. The number of rotatable bonds is 7. The second kappa shape index (κ2) is 8.52. The Bertz CT molecular complexity index is 1150. The van der Waals surface area contributed by atoms with Crippen molar-refractivity contribution >= 4 is 40.2 Å². The van der Waals surface area contributed by atoms with Crippen LogP contribution in [0.4, 0.5) is 0 Å². The lowest BCUT2D eigenvalue weighted by molar-refractivity contribution is -0.141. The number of esters is 1. The molecular weight excluding hydrogens is 406 g/mol. The molecule has 3 aromatic rings. The lowest BCUT2D eigenvalue weighted by Crippen LogP contribution is -2.22. The van der Waals surface area contributed by atoms with Gasteiger partial charge in [0.1, 0.15) is 12.3 Å². The van der Waals surface area contributed by atoms with Crippen molar-refractivity contribution in [2.75, 3.05) is 20.3 Å². The van der Waals surface area contributed by atoms with Gasteiger partial charge in [0.2, 0.25) is 11.7 Å². The van der Waals surface area contributed by atoms with Crippen molar-refractivity contribution in [3.63, 3.8) is 0 Å². The molecule has 0 bridgehead atoms. The van der Waals surface area contributed by atoms with E-state index in [-0.39, 0.29) is 30.4 Å². The number of hydrogen-bond acceptors (Lipinski definition) is 8. The quantitative estimate of drug-likeness (QED) is 0.340. The number of aromatic nitrogens is 2. The number of carbonyl (C=O) groups is 2. The van der Waals surface area contributed by atoms with E-state index < -0.39 is 11.8 Å². The van der Waals surface area contributed by atoms with Gasteiger partial charge >= 0.3 is 5.97 Å². The Hall–Kier alpha value is -3.43. The lowest BCUT2D eigenvalue weighted by Gasteiger charge is -2.19. The number of nitrogens with zero attached hydrogens (tertiary/aromatic N) is 2. The summed E-state index contributed by atoms with van der Waals surface area (Å²) >= 11 is 1.56. The van der Waals surface area contributed by atoms with E-state index in [1.54, 1.807) is 47.8 Å². The minimum absolute atomic E-state index is 0.0173. The first-order valence-corrected chi connectivity index (χ1v) is 10.1. The van der Waals surface area contributed by atoms with Gasteiger partial charge in [-0.3, -0.25) is 4.79 Å². The van der Waals surface area contributed by atoms with Crippen molar-refractivity contribution in [1.29, 1.82) is 0 Å². The minimum atomic E-state index is -0.828. The van der Waals surface area contributed by atoms with Crippen LogP contribution in [0.1, 0.15) is 10.4 Å². The van der Waals surface area contributed by atoms with Gasteiger partial charge in [-0.25, -0.2) is 9.78 Å². The number of Topliss-reactive ketones (excluding diaryl/α,β-unsaturated/α-hetero) is 1. The first kappa shape index (κ1) is 19.9. The normalized spacial score (nSPS) is 15.1. The molecule has 4 rings (SSSR count). The summed E-state index contributed by atoms with van der Waals surface area (Å²) in [6.45, 7) is -0.0779. The maximum absolute atomic E-state index is 13.0. The van der Waals surface area contributed by atoms with E-state index in [9.17, 15) is 9.59 Å². The zero-order chi connectivity index (χ0) is 21.1. The van der Waals surface area contributed by atoms with E-state index >= 15 is 0 Å². The Morgan fingerprint density at radius 3 is 3.03 bits per heavy atom. The van der Waals surface area contributed by atoms with Gasteiger partial charge < -0.3 is 24.5 Å². The molecule has 0 amide bonds. The highest BCUT2D eigenvalue weighted by atomic mass is 32.1. The monoisotopic (exact) mass is 425 g/mol. The van der Waals surface area contributed by atoms with E-state index in [1.807, 2.05) is 23.6 Å². The molecule has 1 aliphatic rings. The molecule has 3 aromatic heterocycles. The van der Waals surface area contributed by atoms with Gasteiger partial charge in [0.15, 0.2) is 11.3 Å². The van der Waals surface area contributed by atoms with E-state index in [2.05, 4.69) is 9.97 Å². The molecule has 0 unspecified atom stereocenters. The number of fused-ring (bicyclic) bond motifs is 1. The van der Waals surface area contributed by atoms with Crippen LogP contribution in [0.2, 0.25) is 0 Å². The fraction of sp³-hybridized carbons (Fsp3) is 0.190. The van der Waals surface area contributed by atoms with Gasteiger partial charge in [-0.15, -0.1) is 11.3 Å². The highest BCUT2D eigenvalue weighted by Gasteiger charge is 2.38. The van der Waals surface area contributed by atoms with Gasteiger partial charge in [-0.2, -0.15) is 0 Å². The minimum Gasteiger partial charge on any atom is -0.459 e. The predicted molar refractivity (Wildman–Crippen MR) is 111 cm³/mol. The van der Waals surface area contributed by atoms with Gasteiger partial charge in [-0.1, -0.05) is 6.07 Å². The second-order valence-corrected chi connectivity index (χ2v) is 7.59. The molecule has 1 aliphatic heterocycles. The Labute approximate surface area is 176 Å². The first-order chi connectivity index (χ1) is 14.6. The summed E-state index contributed by atoms with van der Waals surface area (Å²) in [5.74, 6) is -1.25. The summed E-state index contributed by atoms with van der Waals surface area (Å²) in [6, 6.07) is 7.55. The van der Waals surface area contributed by atoms with Gasteiger partial charge in [0.05, 0.1) is 13.2 Å². The smallest absolute Gasteiger partial charge is 0.347 e. The molecule has 4 heterocycles. The molecular formula is C21H19N3O5S. The highest BCUT2D eigenvalue weighted by molar-refractivity contribution is 7.09. The van der Waals surface area contributed by atoms with Gasteiger partial charge in [-0.05, 0) is 29.7 Å².